The number of thiol groups is 2. The van der Waals surface area contributed by atoms with Crippen LogP contribution in [0.2, 0.25) is 0 Å². The van der Waals surface area contributed by atoms with Gasteiger partial charge in [-0.15, -0.1) is 0 Å². The van der Waals surface area contributed by atoms with Crippen LogP contribution in [0.3, 0.4) is 0 Å². The van der Waals surface area contributed by atoms with Crippen molar-refractivity contribution in [2.45, 2.75) is 57.5 Å². The standard InChI is InChI=1S/C16H30N4O6S2/c1-4-7(2)12(15(24)19-10(6-28)16(25)26)20-13(22)9(5-27)18-14(23)11(17)8(3)21/h7-12,21,27-28H,4-6,17H2,1-3H3,(H,18,23)(H,19,24)(H,20,22)(H,25,26). The highest BCUT2D eigenvalue weighted by Gasteiger charge is 2.32. The molecule has 0 aliphatic heterocycles. The molecule has 6 unspecified atom stereocenters. The van der Waals surface area contributed by atoms with Gasteiger partial charge in [-0.25, -0.2) is 4.79 Å². The Morgan fingerprint density at radius 3 is 1.82 bits per heavy atom. The van der Waals surface area contributed by atoms with Gasteiger partial charge in [-0.2, -0.15) is 25.3 Å². The molecule has 0 rings (SSSR count). The van der Waals surface area contributed by atoms with Gasteiger partial charge < -0.3 is 31.9 Å². The van der Waals surface area contributed by atoms with Gasteiger partial charge in [0.25, 0.3) is 0 Å². The summed E-state index contributed by atoms with van der Waals surface area (Å²) in [6.45, 7) is 4.87. The lowest BCUT2D eigenvalue weighted by Gasteiger charge is -2.27. The first kappa shape index (κ1) is 26.5. The Kier molecular flexibility index (Phi) is 12.2. The molecule has 0 saturated heterocycles. The summed E-state index contributed by atoms with van der Waals surface area (Å²) in [5, 5.41) is 25.7. The molecule has 28 heavy (non-hydrogen) atoms. The summed E-state index contributed by atoms with van der Waals surface area (Å²) >= 11 is 7.92. The van der Waals surface area contributed by atoms with Crippen LogP contribution in [0.4, 0.5) is 0 Å². The van der Waals surface area contributed by atoms with Gasteiger partial charge in [0.05, 0.1) is 6.10 Å². The zero-order valence-corrected chi connectivity index (χ0v) is 17.9. The Hall–Kier alpha value is -1.50. The van der Waals surface area contributed by atoms with Crippen molar-refractivity contribution < 1.29 is 29.4 Å². The minimum absolute atomic E-state index is 0.0761. The average Bonchev–Trinajstić information content (AvgIpc) is 2.65. The molecule has 162 valence electrons. The Bertz CT molecular complexity index is 563. The number of carbonyl (C=O) groups excluding carboxylic acids is 3. The zero-order valence-electron chi connectivity index (χ0n) is 16.1. The molecule has 0 aliphatic carbocycles. The van der Waals surface area contributed by atoms with Crippen molar-refractivity contribution in [2.75, 3.05) is 11.5 Å². The van der Waals surface area contributed by atoms with Gasteiger partial charge in [0, 0.05) is 11.5 Å². The highest BCUT2D eigenvalue weighted by atomic mass is 32.1. The minimum atomic E-state index is -1.25. The van der Waals surface area contributed by atoms with Gasteiger partial charge in [0.15, 0.2) is 0 Å². The van der Waals surface area contributed by atoms with Crippen molar-refractivity contribution in [1.29, 1.82) is 0 Å². The molecular weight excluding hydrogens is 408 g/mol. The quantitative estimate of drug-likeness (QED) is 0.165. The summed E-state index contributed by atoms with van der Waals surface area (Å²) < 4.78 is 0. The molecule has 0 aromatic carbocycles. The van der Waals surface area contributed by atoms with Gasteiger partial charge in [-0.05, 0) is 12.8 Å². The molecule has 6 atom stereocenters. The molecule has 0 spiro atoms. The normalized spacial score (nSPS) is 17.4. The number of hydrogen-bond acceptors (Lipinski definition) is 8. The van der Waals surface area contributed by atoms with E-state index < -0.39 is 54.0 Å². The second-order valence-electron chi connectivity index (χ2n) is 6.46. The summed E-state index contributed by atoms with van der Waals surface area (Å²) in [6.07, 6.45) is -0.585. The topological polar surface area (TPSA) is 171 Å². The number of rotatable bonds is 12. The Morgan fingerprint density at radius 2 is 1.43 bits per heavy atom. The number of aliphatic hydroxyl groups is 1. The second-order valence-corrected chi connectivity index (χ2v) is 7.19. The summed E-state index contributed by atoms with van der Waals surface area (Å²) in [4.78, 5) is 48.1. The fraction of sp³-hybridized carbons (Fsp3) is 0.750. The number of hydrogen-bond donors (Lipinski definition) is 8. The van der Waals surface area contributed by atoms with E-state index in [0.29, 0.717) is 6.42 Å². The lowest BCUT2D eigenvalue weighted by molar-refractivity contribution is -0.142. The largest absolute Gasteiger partial charge is 0.480 e. The monoisotopic (exact) mass is 438 g/mol. The number of carboxylic acid groups (broad SMARTS) is 1. The van der Waals surface area contributed by atoms with Crippen molar-refractivity contribution in [3.05, 3.63) is 0 Å². The van der Waals surface area contributed by atoms with Crippen molar-refractivity contribution in [2.24, 2.45) is 11.7 Å². The van der Waals surface area contributed by atoms with Crippen LogP contribution in [0, 0.1) is 5.92 Å². The number of carboxylic acids is 1. The minimum Gasteiger partial charge on any atom is -0.480 e. The number of amides is 3. The third kappa shape index (κ3) is 8.25. The van der Waals surface area contributed by atoms with E-state index in [9.17, 15) is 24.3 Å². The van der Waals surface area contributed by atoms with Gasteiger partial charge >= 0.3 is 5.97 Å². The predicted octanol–water partition coefficient (Wildman–Crippen LogP) is -1.86. The maximum Gasteiger partial charge on any atom is 0.327 e. The van der Waals surface area contributed by atoms with E-state index in [2.05, 4.69) is 41.2 Å². The molecule has 0 bridgehead atoms. The van der Waals surface area contributed by atoms with Crippen LogP contribution in [0.1, 0.15) is 27.2 Å². The van der Waals surface area contributed by atoms with E-state index in [4.69, 9.17) is 10.8 Å². The van der Waals surface area contributed by atoms with Crippen LogP contribution in [0.25, 0.3) is 0 Å². The number of carbonyl (C=O) groups is 4. The average molecular weight is 439 g/mol. The molecule has 12 heteroatoms. The SMILES string of the molecule is CCC(C)C(NC(=O)C(CS)NC(=O)C(N)C(C)O)C(=O)NC(CS)C(=O)O. The first-order valence-electron chi connectivity index (χ1n) is 8.79. The second kappa shape index (κ2) is 12.9. The number of nitrogens with one attached hydrogen (secondary N) is 3. The first-order valence-corrected chi connectivity index (χ1v) is 10.1. The smallest absolute Gasteiger partial charge is 0.327 e. The third-order valence-electron chi connectivity index (χ3n) is 4.23. The first-order chi connectivity index (χ1) is 13.0. The van der Waals surface area contributed by atoms with Crippen LogP contribution in [0.5, 0.6) is 0 Å². The van der Waals surface area contributed by atoms with Crippen LogP contribution in [-0.4, -0.2) is 75.7 Å². The maximum absolute atomic E-state index is 12.5. The summed E-state index contributed by atoms with van der Waals surface area (Å²) in [6, 6.07) is -4.55. The lowest BCUT2D eigenvalue weighted by atomic mass is 9.97. The van der Waals surface area contributed by atoms with Crippen molar-refractivity contribution in [3.63, 3.8) is 0 Å². The number of aliphatic carboxylic acids is 1. The molecule has 0 saturated carbocycles. The molecule has 10 nitrogen and oxygen atoms in total. The van der Waals surface area contributed by atoms with Crippen LogP contribution in [0.15, 0.2) is 0 Å². The summed E-state index contributed by atoms with van der Waals surface area (Å²) in [7, 11) is 0. The van der Waals surface area contributed by atoms with Crippen LogP contribution >= 0.6 is 25.3 Å². The molecule has 7 N–H and O–H groups in total. The van der Waals surface area contributed by atoms with E-state index in [1.54, 1.807) is 6.92 Å². The van der Waals surface area contributed by atoms with Crippen LogP contribution in [-0.2, 0) is 19.2 Å². The third-order valence-corrected chi connectivity index (χ3v) is 4.96. The van der Waals surface area contributed by atoms with E-state index in [-0.39, 0.29) is 17.4 Å². The zero-order chi connectivity index (χ0) is 22.0. The summed E-state index contributed by atoms with van der Waals surface area (Å²) in [5.74, 6) is -3.84. The molecular formula is C16H30N4O6S2. The molecule has 3 amide bonds. The highest BCUT2D eigenvalue weighted by Crippen LogP contribution is 2.09. The molecule has 0 aliphatic rings. The molecule has 0 fully saturated rings. The Labute approximate surface area is 175 Å². The Balaban J connectivity index is 5.24. The number of aliphatic hydroxyl groups excluding tert-OH is 1. The van der Waals surface area contributed by atoms with Gasteiger partial charge in [-0.3, -0.25) is 14.4 Å². The van der Waals surface area contributed by atoms with Crippen molar-refractivity contribution in [3.8, 4) is 0 Å². The van der Waals surface area contributed by atoms with Gasteiger partial charge in [0.1, 0.15) is 24.2 Å². The molecule has 0 aromatic rings. The lowest BCUT2D eigenvalue weighted by Crippen LogP contribution is -2.60. The molecule has 0 heterocycles. The van der Waals surface area contributed by atoms with Gasteiger partial charge in [0.2, 0.25) is 17.7 Å². The molecule has 0 radical (unpaired) electrons. The fourth-order valence-corrected chi connectivity index (χ4v) is 2.59. The maximum atomic E-state index is 12.5. The van der Waals surface area contributed by atoms with E-state index >= 15 is 0 Å². The van der Waals surface area contributed by atoms with E-state index in [1.165, 1.54) is 6.92 Å². The summed E-state index contributed by atoms with van der Waals surface area (Å²) in [5.41, 5.74) is 5.54. The van der Waals surface area contributed by atoms with E-state index in [0.717, 1.165) is 0 Å². The molecule has 0 aromatic heterocycles. The van der Waals surface area contributed by atoms with Gasteiger partial charge in [-0.1, -0.05) is 20.3 Å². The predicted molar refractivity (Wildman–Crippen MR) is 110 cm³/mol. The van der Waals surface area contributed by atoms with Crippen molar-refractivity contribution >= 4 is 48.9 Å². The Morgan fingerprint density at radius 1 is 0.929 bits per heavy atom. The number of nitrogens with two attached hydrogens (primary N) is 1. The highest BCUT2D eigenvalue weighted by molar-refractivity contribution is 7.80. The van der Waals surface area contributed by atoms with Crippen molar-refractivity contribution in [1.82, 2.24) is 16.0 Å². The van der Waals surface area contributed by atoms with Crippen LogP contribution < -0.4 is 21.7 Å². The van der Waals surface area contributed by atoms with E-state index in [1.807, 2.05) is 6.92 Å². The fourth-order valence-electron chi connectivity index (χ4n) is 2.08.